The molecule has 0 nitrogen and oxygen atoms in total. The minimum Gasteiger partial charge on any atom is -0.0620 e. The molecule has 0 amide bonds. The highest BCUT2D eigenvalue weighted by Gasteiger charge is 1.98. The van der Waals surface area contributed by atoms with Crippen molar-refractivity contribution in [1.82, 2.24) is 0 Å². The molecule has 0 aliphatic heterocycles. The van der Waals surface area contributed by atoms with Crippen molar-refractivity contribution < 1.29 is 0 Å². The van der Waals surface area contributed by atoms with Crippen molar-refractivity contribution in [3.8, 4) is 0 Å². The van der Waals surface area contributed by atoms with Crippen molar-refractivity contribution in [2.75, 3.05) is 0 Å². The molecule has 99 valence electrons. The van der Waals surface area contributed by atoms with Gasteiger partial charge in [-0.1, -0.05) is 60.5 Å². The molecule has 0 aliphatic carbocycles. The van der Waals surface area contributed by atoms with Crippen LogP contribution in [0.15, 0.2) is 48.5 Å². The highest BCUT2D eigenvalue weighted by Crippen LogP contribution is 2.15. The van der Waals surface area contributed by atoms with Gasteiger partial charge in [0.15, 0.2) is 0 Å². The van der Waals surface area contributed by atoms with E-state index in [2.05, 4.69) is 68.8 Å². The van der Waals surface area contributed by atoms with Gasteiger partial charge in [0.1, 0.15) is 0 Å². The summed E-state index contributed by atoms with van der Waals surface area (Å²) < 4.78 is 0. The quantitative estimate of drug-likeness (QED) is 0.614. The van der Waals surface area contributed by atoms with Crippen LogP contribution in [0.3, 0.4) is 0 Å². The number of hydrogen-bond acceptors (Lipinski definition) is 0. The van der Waals surface area contributed by atoms with Crippen LogP contribution in [-0.2, 0) is 6.42 Å². The minimum absolute atomic E-state index is 1.18. The first-order chi connectivity index (χ1) is 9.25. The molecule has 2 aromatic rings. The van der Waals surface area contributed by atoms with Gasteiger partial charge in [0.2, 0.25) is 0 Å². The molecule has 0 heteroatoms. The first kappa shape index (κ1) is 13.9. The number of hydrogen-bond donors (Lipinski definition) is 0. The van der Waals surface area contributed by atoms with Crippen LogP contribution in [0.2, 0.25) is 0 Å². The van der Waals surface area contributed by atoms with Crippen LogP contribution in [-0.4, -0.2) is 0 Å². The standard InChI is InChI=1S/C19H23/c1-16-12-14-18(15-13-16)9-4-3-5-10-19-11-7-6-8-17(19)2/h6-8,10-15H,3-5,9H2,1-2H3. The summed E-state index contributed by atoms with van der Waals surface area (Å²) >= 11 is 0. The van der Waals surface area contributed by atoms with Crippen molar-refractivity contribution in [1.29, 1.82) is 0 Å². The second-order valence-corrected chi connectivity index (χ2v) is 5.29. The van der Waals surface area contributed by atoms with Gasteiger partial charge in [-0.2, -0.15) is 0 Å². The van der Waals surface area contributed by atoms with E-state index in [4.69, 9.17) is 0 Å². The Morgan fingerprint density at radius 3 is 2.32 bits per heavy atom. The van der Waals surface area contributed by atoms with E-state index in [0.29, 0.717) is 0 Å². The summed E-state index contributed by atoms with van der Waals surface area (Å²) in [5.41, 5.74) is 5.57. The van der Waals surface area contributed by atoms with Gasteiger partial charge in [-0.05, 0) is 56.2 Å². The maximum absolute atomic E-state index is 2.37. The number of benzene rings is 2. The van der Waals surface area contributed by atoms with E-state index in [0.717, 1.165) is 0 Å². The zero-order chi connectivity index (χ0) is 13.5. The van der Waals surface area contributed by atoms with Crippen molar-refractivity contribution in [3.05, 3.63) is 77.2 Å². The molecule has 0 heterocycles. The average Bonchev–Trinajstić information content (AvgIpc) is 2.42. The number of unbranched alkanes of at least 4 members (excludes halogenated alkanes) is 2. The molecule has 2 rings (SSSR count). The van der Waals surface area contributed by atoms with Crippen LogP contribution in [0.5, 0.6) is 0 Å². The average molecular weight is 251 g/mol. The molecule has 0 aromatic heterocycles. The predicted octanol–water partition coefficient (Wildman–Crippen LogP) is 5.27. The number of rotatable bonds is 6. The number of aryl methyl sites for hydroxylation is 3. The third-order valence-corrected chi connectivity index (χ3v) is 3.59. The molecule has 0 atom stereocenters. The van der Waals surface area contributed by atoms with E-state index in [-0.39, 0.29) is 0 Å². The fourth-order valence-corrected chi connectivity index (χ4v) is 2.30. The summed E-state index contributed by atoms with van der Waals surface area (Å²) in [5.74, 6) is 0. The zero-order valence-corrected chi connectivity index (χ0v) is 12.0. The predicted molar refractivity (Wildman–Crippen MR) is 83.3 cm³/mol. The molecule has 0 bridgehead atoms. The monoisotopic (exact) mass is 251 g/mol. The minimum atomic E-state index is 1.18. The fourth-order valence-electron chi connectivity index (χ4n) is 2.30. The van der Waals surface area contributed by atoms with Gasteiger partial charge >= 0.3 is 0 Å². The van der Waals surface area contributed by atoms with Gasteiger partial charge in [-0.15, -0.1) is 0 Å². The van der Waals surface area contributed by atoms with E-state index >= 15 is 0 Å². The third kappa shape index (κ3) is 4.55. The van der Waals surface area contributed by atoms with Crippen LogP contribution in [0.4, 0.5) is 0 Å². The van der Waals surface area contributed by atoms with Crippen molar-refractivity contribution in [2.45, 2.75) is 39.5 Å². The molecular formula is C19H23. The van der Waals surface area contributed by atoms with E-state index in [1.807, 2.05) is 0 Å². The first-order valence-electron chi connectivity index (χ1n) is 7.20. The van der Waals surface area contributed by atoms with Crippen LogP contribution in [0.1, 0.15) is 41.5 Å². The summed E-state index contributed by atoms with van der Waals surface area (Å²) in [6, 6.07) is 17.5. The Morgan fingerprint density at radius 1 is 0.842 bits per heavy atom. The summed E-state index contributed by atoms with van der Waals surface area (Å²) in [6.45, 7) is 4.32. The van der Waals surface area contributed by atoms with Crippen LogP contribution in [0, 0.1) is 20.3 Å². The Hall–Kier alpha value is -1.56. The van der Waals surface area contributed by atoms with Crippen molar-refractivity contribution in [2.24, 2.45) is 0 Å². The lowest BCUT2D eigenvalue weighted by molar-refractivity contribution is 0.731. The third-order valence-electron chi connectivity index (χ3n) is 3.59. The van der Waals surface area contributed by atoms with Crippen molar-refractivity contribution >= 4 is 0 Å². The maximum Gasteiger partial charge on any atom is -0.00904 e. The van der Waals surface area contributed by atoms with Crippen LogP contribution >= 0.6 is 0 Å². The van der Waals surface area contributed by atoms with E-state index in [9.17, 15) is 0 Å². The molecule has 1 radical (unpaired) electrons. The van der Waals surface area contributed by atoms with E-state index < -0.39 is 0 Å². The zero-order valence-electron chi connectivity index (χ0n) is 12.0. The summed E-state index contributed by atoms with van der Waals surface area (Å²) in [4.78, 5) is 0. The normalized spacial score (nSPS) is 10.6. The molecule has 0 saturated carbocycles. The molecular weight excluding hydrogens is 228 g/mol. The van der Waals surface area contributed by atoms with Gasteiger partial charge < -0.3 is 0 Å². The van der Waals surface area contributed by atoms with Gasteiger partial charge in [-0.3, -0.25) is 0 Å². The molecule has 0 N–H and O–H groups in total. The topological polar surface area (TPSA) is 0 Å². The smallest absolute Gasteiger partial charge is 0.00904 e. The van der Waals surface area contributed by atoms with Gasteiger partial charge in [-0.25, -0.2) is 0 Å². The molecule has 0 aliphatic rings. The molecule has 19 heavy (non-hydrogen) atoms. The van der Waals surface area contributed by atoms with E-state index in [1.165, 1.54) is 47.9 Å². The Balaban J connectivity index is 1.67. The Kier molecular flexibility index (Phi) is 5.20. The largest absolute Gasteiger partial charge is 0.0620 e. The molecule has 0 fully saturated rings. The second-order valence-electron chi connectivity index (χ2n) is 5.29. The van der Waals surface area contributed by atoms with Gasteiger partial charge in [0, 0.05) is 0 Å². The Morgan fingerprint density at radius 2 is 1.58 bits per heavy atom. The molecule has 0 saturated heterocycles. The summed E-state index contributed by atoms with van der Waals surface area (Å²) in [7, 11) is 0. The van der Waals surface area contributed by atoms with Crippen molar-refractivity contribution in [3.63, 3.8) is 0 Å². The highest BCUT2D eigenvalue weighted by atomic mass is 14.0. The molecule has 0 unspecified atom stereocenters. The van der Waals surface area contributed by atoms with Gasteiger partial charge in [0.05, 0.1) is 0 Å². The lowest BCUT2D eigenvalue weighted by Crippen LogP contribution is -1.89. The SMILES string of the molecule is Cc1ccc(CCCC[CH]c2ccccc2C)cc1. The fraction of sp³-hybridized carbons (Fsp3) is 0.316. The lowest BCUT2D eigenvalue weighted by Gasteiger charge is -2.05. The summed E-state index contributed by atoms with van der Waals surface area (Å²) in [5, 5.41) is 0. The first-order valence-corrected chi connectivity index (χ1v) is 7.20. The molecule has 2 aromatic carbocycles. The molecule has 0 spiro atoms. The van der Waals surface area contributed by atoms with Crippen LogP contribution < -0.4 is 0 Å². The van der Waals surface area contributed by atoms with E-state index in [1.54, 1.807) is 0 Å². The Bertz CT molecular complexity index is 494. The van der Waals surface area contributed by atoms with Gasteiger partial charge in [0.25, 0.3) is 0 Å². The summed E-state index contributed by atoms with van der Waals surface area (Å²) in [6.07, 6.45) is 7.27. The highest BCUT2D eigenvalue weighted by molar-refractivity contribution is 5.31. The second kappa shape index (κ2) is 7.13. The Labute approximate surface area is 117 Å². The lowest BCUT2D eigenvalue weighted by atomic mass is 10.0. The maximum atomic E-state index is 2.37. The van der Waals surface area contributed by atoms with Crippen LogP contribution in [0.25, 0.3) is 0 Å².